The molecule has 0 saturated carbocycles. The summed E-state index contributed by atoms with van der Waals surface area (Å²) in [5.74, 6) is -125. The molecule has 0 N–H and O–H groups in total. The minimum absolute atomic E-state index is 0.545. The van der Waals surface area contributed by atoms with E-state index in [1.807, 2.05) is 0 Å². The van der Waals surface area contributed by atoms with Gasteiger partial charge >= 0.3 is 101 Å². The maximum absolute atomic E-state index is 14.3. The van der Waals surface area contributed by atoms with E-state index in [0.717, 1.165) is 6.92 Å². The second-order valence-electron chi connectivity index (χ2n) is 12.7. The van der Waals surface area contributed by atoms with Gasteiger partial charge in [0.05, 0.1) is 0 Å². The molecule has 0 aromatic heterocycles. The van der Waals surface area contributed by atoms with E-state index in [-0.39, 0.29) is 0 Å². The van der Waals surface area contributed by atoms with E-state index >= 15 is 0 Å². The lowest BCUT2D eigenvalue weighted by molar-refractivity contribution is -0.461. The van der Waals surface area contributed by atoms with Crippen LogP contribution >= 0.6 is 23.5 Å². The van der Waals surface area contributed by atoms with Crippen molar-refractivity contribution in [1.82, 2.24) is 0 Å². The van der Waals surface area contributed by atoms with Crippen molar-refractivity contribution in [3.8, 4) is 0 Å². The summed E-state index contributed by atoms with van der Waals surface area (Å²) in [6.07, 6.45) is -22.4. The van der Waals surface area contributed by atoms with Crippen molar-refractivity contribution >= 4 is 29.5 Å². The zero-order chi connectivity index (χ0) is 53.1. The molecule has 0 saturated heterocycles. The van der Waals surface area contributed by atoms with E-state index in [0.29, 0.717) is 0 Å². The smallest absolute Gasteiger partial charge is 0.460 e. The third-order valence-corrected chi connectivity index (χ3v) is 10.5. The van der Waals surface area contributed by atoms with Crippen molar-refractivity contribution in [3.05, 3.63) is 12.2 Å². The molecule has 1 unspecified atom stereocenters. The largest absolute Gasteiger partial charge is 0.461 e. The van der Waals surface area contributed by atoms with Gasteiger partial charge in [0, 0.05) is 29.4 Å². The molecule has 0 radical (unpaired) electrons. The monoisotopic (exact) mass is 1080 g/mol. The fourth-order valence-corrected chi connectivity index (χ4v) is 6.38. The highest BCUT2D eigenvalue weighted by Crippen LogP contribution is 2.66. The number of carbonyl (C=O) groups excluding carboxylic acids is 1. The van der Waals surface area contributed by atoms with E-state index in [1.54, 1.807) is 0 Å². The van der Waals surface area contributed by atoms with Crippen molar-refractivity contribution in [2.45, 2.75) is 120 Å². The number of carbonyl (C=O) groups is 1. The lowest BCUT2D eigenvalue weighted by atomic mass is 9.88. The SMILES string of the molecule is C=C(C)C(=O)OCC(CSCCC(F)(F)C(F)(F)C(F)(F)C(F)(F)C(F)(F)C(F)(F)C(F)(F)C(F)(F)F)SCCC(F)(F)C(F)(F)C(F)(F)C(F)(F)C(F)(F)C(F)(F)C(F)(F)C(F)(F)F. The van der Waals surface area contributed by atoms with Crippen LogP contribution in [-0.2, 0) is 9.53 Å². The van der Waals surface area contributed by atoms with Gasteiger partial charge in [-0.2, -0.15) is 173 Å². The van der Waals surface area contributed by atoms with Gasteiger partial charge in [-0.05, 0) is 18.4 Å². The Hall–Kier alpha value is -2.47. The van der Waals surface area contributed by atoms with Gasteiger partial charge in [-0.25, -0.2) is 4.79 Å². The topological polar surface area (TPSA) is 26.3 Å². The van der Waals surface area contributed by atoms with Crippen LogP contribution in [0.4, 0.5) is 149 Å². The Labute approximate surface area is 345 Å². The van der Waals surface area contributed by atoms with Crippen LogP contribution in [0.2, 0.25) is 0 Å². The standard InChI is InChI=1S/C27H18F34O2S2/c1-9(2)11(62)63-7-10(65-6-4-13(30,31)15(34,35)17(38,39)19(42,43)21(46,47)23(50,51)25(54,55)27(59,60)61)8-64-5-3-12(28,29)14(32,33)16(36,37)18(40,41)20(44,45)22(48,49)24(52,53)26(56,57)58/h10H,1,3-8H2,2H3. The van der Waals surface area contributed by atoms with Gasteiger partial charge in [0.2, 0.25) is 0 Å². The Kier molecular flexibility index (Phi) is 17.4. The first-order chi connectivity index (χ1) is 27.9. The number of halogens is 34. The van der Waals surface area contributed by atoms with Gasteiger partial charge in [-0.3, -0.25) is 0 Å². The van der Waals surface area contributed by atoms with Crippen LogP contribution in [0.15, 0.2) is 12.2 Å². The Morgan fingerprint density at radius 2 is 0.662 bits per heavy atom. The summed E-state index contributed by atoms with van der Waals surface area (Å²) in [5.41, 5.74) is -0.642. The van der Waals surface area contributed by atoms with Crippen molar-refractivity contribution < 1.29 is 159 Å². The van der Waals surface area contributed by atoms with Gasteiger partial charge in [-0.1, -0.05) is 6.58 Å². The predicted octanol–water partition coefficient (Wildman–Crippen LogP) is 13.7. The molecule has 0 rings (SSSR count). The van der Waals surface area contributed by atoms with Gasteiger partial charge < -0.3 is 4.74 Å². The summed E-state index contributed by atoms with van der Waals surface area (Å²) in [7, 11) is 0. The first kappa shape index (κ1) is 62.5. The van der Waals surface area contributed by atoms with Crippen molar-refractivity contribution in [3.63, 3.8) is 0 Å². The van der Waals surface area contributed by atoms with Crippen LogP contribution in [0, 0.1) is 0 Å². The molecule has 0 aliphatic heterocycles. The number of hydrogen-bond acceptors (Lipinski definition) is 4. The summed E-state index contributed by atoms with van der Waals surface area (Å²) in [5, 5.41) is -2.15. The van der Waals surface area contributed by atoms with Crippen LogP contribution in [0.1, 0.15) is 19.8 Å². The van der Waals surface area contributed by atoms with Gasteiger partial charge in [-0.15, -0.1) is 0 Å². The highest BCUT2D eigenvalue weighted by atomic mass is 32.2. The molecule has 0 spiro atoms. The molecular weight excluding hydrogens is 1070 g/mol. The third kappa shape index (κ3) is 10.0. The van der Waals surface area contributed by atoms with Crippen molar-refractivity contribution in [2.24, 2.45) is 0 Å². The summed E-state index contributed by atoms with van der Waals surface area (Å²) < 4.78 is 463. The van der Waals surface area contributed by atoms with Gasteiger partial charge in [0.1, 0.15) is 6.61 Å². The minimum atomic E-state index is -8.99. The Bertz CT molecular complexity index is 1660. The molecule has 2 nitrogen and oxygen atoms in total. The molecule has 0 fully saturated rings. The van der Waals surface area contributed by atoms with Crippen LogP contribution < -0.4 is 0 Å². The van der Waals surface area contributed by atoms with Crippen LogP contribution in [0.25, 0.3) is 0 Å². The molecule has 38 heteroatoms. The number of thioether (sulfide) groups is 2. The lowest BCUT2D eigenvalue weighted by Gasteiger charge is -2.42. The molecule has 0 heterocycles. The molecule has 0 aliphatic carbocycles. The average Bonchev–Trinajstić information content (AvgIpc) is 3.09. The average molecular weight is 1080 g/mol. The second-order valence-corrected chi connectivity index (χ2v) is 15.3. The van der Waals surface area contributed by atoms with Crippen LogP contribution in [0.3, 0.4) is 0 Å². The fourth-order valence-electron chi connectivity index (χ4n) is 3.91. The second kappa shape index (κ2) is 18.1. The number of hydrogen-bond donors (Lipinski definition) is 0. The van der Waals surface area contributed by atoms with E-state index < -0.39 is 172 Å². The number of esters is 1. The highest BCUT2D eigenvalue weighted by molar-refractivity contribution is 8.03. The molecule has 0 aliphatic rings. The zero-order valence-corrected chi connectivity index (χ0v) is 31.6. The zero-order valence-electron chi connectivity index (χ0n) is 30.0. The summed E-state index contributed by atoms with van der Waals surface area (Å²) in [4.78, 5) is 11.6. The first-order valence-corrected chi connectivity index (χ1v) is 17.6. The number of ether oxygens (including phenoxy) is 1. The van der Waals surface area contributed by atoms with E-state index in [1.165, 1.54) is 0 Å². The Balaban J connectivity index is 6.50. The van der Waals surface area contributed by atoms with E-state index in [4.69, 9.17) is 0 Å². The fraction of sp³-hybridized carbons (Fsp3) is 0.889. The lowest BCUT2D eigenvalue weighted by Crippen LogP contribution is -2.74. The molecule has 0 aromatic rings. The van der Waals surface area contributed by atoms with Gasteiger partial charge in [0.15, 0.2) is 0 Å². The molecular formula is C27H18F34O2S2. The molecule has 1 atom stereocenters. The summed E-state index contributed by atoms with van der Waals surface area (Å²) >= 11 is -1.13. The van der Waals surface area contributed by atoms with Crippen LogP contribution in [-0.4, -0.2) is 130 Å². The van der Waals surface area contributed by atoms with E-state index in [9.17, 15) is 154 Å². The summed E-state index contributed by atoms with van der Waals surface area (Å²) in [6, 6.07) is 0. The molecule has 65 heavy (non-hydrogen) atoms. The van der Waals surface area contributed by atoms with Crippen LogP contribution in [0.5, 0.6) is 0 Å². The predicted molar refractivity (Wildman–Crippen MR) is 150 cm³/mol. The Morgan fingerprint density at radius 3 is 0.923 bits per heavy atom. The van der Waals surface area contributed by atoms with Crippen molar-refractivity contribution in [2.75, 3.05) is 23.9 Å². The molecule has 0 amide bonds. The Morgan fingerprint density at radius 1 is 0.415 bits per heavy atom. The summed E-state index contributed by atoms with van der Waals surface area (Å²) in [6.45, 7) is 2.24. The highest BCUT2D eigenvalue weighted by Gasteiger charge is 2.96. The first-order valence-electron chi connectivity index (χ1n) is 15.4. The van der Waals surface area contributed by atoms with Crippen molar-refractivity contribution in [1.29, 1.82) is 0 Å². The third-order valence-electron chi connectivity index (χ3n) is 7.96. The molecule has 0 bridgehead atoms. The van der Waals surface area contributed by atoms with Gasteiger partial charge in [0.25, 0.3) is 0 Å². The number of rotatable bonds is 24. The number of alkyl halides is 34. The minimum Gasteiger partial charge on any atom is -0.461 e. The molecule has 0 aromatic carbocycles. The normalized spacial score (nSPS) is 16.5. The quantitative estimate of drug-likeness (QED) is 0.0416. The maximum atomic E-state index is 14.3. The molecule has 388 valence electrons. The van der Waals surface area contributed by atoms with E-state index in [2.05, 4.69) is 11.3 Å². The maximum Gasteiger partial charge on any atom is 0.460 e.